The highest BCUT2D eigenvalue weighted by Crippen LogP contribution is 2.31. The Labute approximate surface area is 179 Å². The number of nitrogens with one attached hydrogen (secondary N) is 1. The summed E-state index contributed by atoms with van der Waals surface area (Å²) < 4.78 is 33.6. The number of thiazole rings is 1. The number of hydrogen-bond acceptors (Lipinski definition) is 6. The molecule has 1 saturated heterocycles. The number of nitrogens with zero attached hydrogens (tertiary/aromatic N) is 2. The van der Waals surface area contributed by atoms with E-state index in [2.05, 4.69) is 10.3 Å². The van der Waals surface area contributed by atoms with Crippen molar-refractivity contribution in [2.24, 2.45) is 0 Å². The van der Waals surface area contributed by atoms with E-state index in [-0.39, 0.29) is 10.8 Å². The van der Waals surface area contributed by atoms with Gasteiger partial charge in [0, 0.05) is 6.54 Å². The smallest absolute Gasteiger partial charge is 0.244 e. The van der Waals surface area contributed by atoms with Crippen molar-refractivity contribution in [3.8, 4) is 5.75 Å². The number of fused-ring (bicyclic) bond motifs is 1. The van der Waals surface area contributed by atoms with E-state index in [0.717, 1.165) is 21.3 Å². The van der Waals surface area contributed by atoms with Gasteiger partial charge in [0.15, 0.2) is 5.13 Å². The summed E-state index contributed by atoms with van der Waals surface area (Å²) in [6, 6.07) is 9.53. The van der Waals surface area contributed by atoms with Crippen LogP contribution in [0, 0.1) is 13.8 Å². The van der Waals surface area contributed by atoms with Crippen molar-refractivity contribution in [1.82, 2.24) is 9.29 Å². The van der Waals surface area contributed by atoms with Gasteiger partial charge in [-0.1, -0.05) is 17.4 Å². The van der Waals surface area contributed by atoms with E-state index in [1.807, 2.05) is 26.0 Å². The van der Waals surface area contributed by atoms with Crippen LogP contribution in [0.3, 0.4) is 0 Å². The molecular formula is C21H23N3O4S2. The molecular weight excluding hydrogens is 422 g/mol. The van der Waals surface area contributed by atoms with Gasteiger partial charge in [0.1, 0.15) is 11.8 Å². The van der Waals surface area contributed by atoms with Crippen LogP contribution in [0.1, 0.15) is 24.0 Å². The van der Waals surface area contributed by atoms with Gasteiger partial charge >= 0.3 is 0 Å². The SMILES string of the molecule is COc1ccc(S(=O)(=O)N2CCCC2C(=O)Nc2nc3c(C)cc(C)cc3s2)cc1. The molecule has 7 nitrogen and oxygen atoms in total. The predicted molar refractivity (Wildman–Crippen MR) is 118 cm³/mol. The van der Waals surface area contributed by atoms with Crippen LogP contribution in [0.5, 0.6) is 5.75 Å². The Morgan fingerprint density at radius 1 is 1.23 bits per heavy atom. The summed E-state index contributed by atoms with van der Waals surface area (Å²) >= 11 is 1.40. The fraction of sp³-hybridized carbons (Fsp3) is 0.333. The maximum Gasteiger partial charge on any atom is 0.244 e. The van der Waals surface area contributed by atoms with Crippen molar-refractivity contribution in [3.05, 3.63) is 47.5 Å². The normalized spacial score (nSPS) is 17.4. The lowest BCUT2D eigenvalue weighted by molar-refractivity contribution is -0.119. The second-order valence-electron chi connectivity index (χ2n) is 7.39. The molecule has 1 amide bonds. The van der Waals surface area contributed by atoms with Crippen LogP contribution in [0.25, 0.3) is 10.2 Å². The monoisotopic (exact) mass is 445 g/mol. The van der Waals surface area contributed by atoms with Crippen molar-refractivity contribution in [2.45, 2.75) is 37.6 Å². The quantitative estimate of drug-likeness (QED) is 0.647. The van der Waals surface area contributed by atoms with Crippen molar-refractivity contribution >= 4 is 42.6 Å². The summed E-state index contributed by atoms with van der Waals surface area (Å²) in [5.74, 6) is 0.226. The number of anilines is 1. The van der Waals surface area contributed by atoms with Crippen LogP contribution in [0.4, 0.5) is 5.13 Å². The summed E-state index contributed by atoms with van der Waals surface area (Å²) in [7, 11) is -2.26. The number of hydrogen-bond donors (Lipinski definition) is 1. The highest BCUT2D eigenvalue weighted by Gasteiger charge is 2.39. The van der Waals surface area contributed by atoms with Crippen LogP contribution >= 0.6 is 11.3 Å². The lowest BCUT2D eigenvalue weighted by atomic mass is 10.1. The summed E-state index contributed by atoms with van der Waals surface area (Å²) in [6.07, 6.45) is 1.11. The Morgan fingerprint density at radius 2 is 1.97 bits per heavy atom. The molecule has 1 aromatic heterocycles. The average molecular weight is 446 g/mol. The molecule has 2 heterocycles. The number of ether oxygens (including phenoxy) is 1. The zero-order chi connectivity index (χ0) is 21.5. The molecule has 0 saturated carbocycles. The molecule has 0 spiro atoms. The van der Waals surface area contributed by atoms with E-state index in [1.54, 1.807) is 12.1 Å². The lowest BCUT2D eigenvalue weighted by Crippen LogP contribution is -2.43. The molecule has 1 aliphatic heterocycles. The van der Waals surface area contributed by atoms with Crippen LogP contribution in [-0.4, -0.2) is 43.3 Å². The Kier molecular flexibility index (Phi) is 5.52. The first-order valence-corrected chi connectivity index (χ1v) is 11.9. The molecule has 1 N–H and O–H groups in total. The summed E-state index contributed by atoms with van der Waals surface area (Å²) in [6.45, 7) is 4.32. The second kappa shape index (κ2) is 7.98. The van der Waals surface area contributed by atoms with Gasteiger partial charge in [0.2, 0.25) is 15.9 Å². The molecule has 9 heteroatoms. The number of aryl methyl sites for hydroxylation is 2. The van der Waals surface area contributed by atoms with Gasteiger partial charge in [0.05, 0.1) is 22.2 Å². The molecule has 3 aromatic rings. The van der Waals surface area contributed by atoms with Crippen LogP contribution in [-0.2, 0) is 14.8 Å². The number of rotatable bonds is 5. The van der Waals surface area contributed by atoms with E-state index in [9.17, 15) is 13.2 Å². The number of carbonyl (C=O) groups is 1. The average Bonchev–Trinajstić information content (AvgIpc) is 3.35. The minimum absolute atomic E-state index is 0.147. The molecule has 1 atom stereocenters. The maximum absolute atomic E-state index is 13.1. The molecule has 1 unspecified atom stereocenters. The van der Waals surface area contributed by atoms with Gasteiger partial charge in [-0.25, -0.2) is 13.4 Å². The molecule has 0 aliphatic carbocycles. The molecule has 1 aliphatic rings. The van der Waals surface area contributed by atoms with Crippen LogP contribution in [0.15, 0.2) is 41.3 Å². The molecule has 2 aromatic carbocycles. The topological polar surface area (TPSA) is 88.6 Å². The van der Waals surface area contributed by atoms with Crippen molar-refractivity contribution in [2.75, 3.05) is 19.0 Å². The van der Waals surface area contributed by atoms with E-state index in [0.29, 0.717) is 30.3 Å². The van der Waals surface area contributed by atoms with Gasteiger partial charge in [-0.3, -0.25) is 4.79 Å². The third-order valence-corrected chi connectivity index (χ3v) is 8.07. The maximum atomic E-state index is 13.1. The van der Waals surface area contributed by atoms with Gasteiger partial charge in [-0.2, -0.15) is 4.31 Å². The number of sulfonamides is 1. The van der Waals surface area contributed by atoms with E-state index < -0.39 is 16.1 Å². The summed E-state index contributed by atoms with van der Waals surface area (Å²) in [4.78, 5) is 17.6. The first kappa shape index (κ1) is 20.8. The van der Waals surface area contributed by atoms with Crippen molar-refractivity contribution in [3.63, 3.8) is 0 Å². The molecule has 158 valence electrons. The second-order valence-corrected chi connectivity index (χ2v) is 10.3. The molecule has 1 fully saturated rings. The van der Waals surface area contributed by atoms with Gasteiger partial charge in [0.25, 0.3) is 0 Å². The third kappa shape index (κ3) is 3.80. The number of benzene rings is 2. The molecule has 30 heavy (non-hydrogen) atoms. The number of methoxy groups -OCH3 is 1. The Morgan fingerprint density at radius 3 is 2.67 bits per heavy atom. The number of aromatic nitrogens is 1. The minimum Gasteiger partial charge on any atom is -0.497 e. The van der Waals surface area contributed by atoms with E-state index in [4.69, 9.17) is 4.74 Å². The first-order chi connectivity index (χ1) is 14.3. The zero-order valence-corrected chi connectivity index (χ0v) is 18.6. The van der Waals surface area contributed by atoms with E-state index >= 15 is 0 Å². The largest absolute Gasteiger partial charge is 0.497 e. The zero-order valence-electron chi connectivity index (χ0n) is 17.0. The van der Waals surface area contributed by atoms with Gasteiger partial charge in [-0.15, -0.1) is 0 Å². The summed E-state index contributed by atoms with van der Waals surface area (Å²) in [5, 5.41) is 3.32. The molecule has 4 rings (SSSR count). The number of amides is 1. The summed E-state index contributed by atoms with van der Waals surface area (Å²) in [5.41, 5.74) is 3.04. The Balaban J connectivity index is 1.57. The number of carbonyl (C=O) groups excluding carboxylic acids is 1. The Hall–Kier alpha value is -2.49. The van der Waals surface area contributed by atoms with Gasteiger partial charge < -0.3 is 10.1 Å². The fourth-order valence-electron chi connectivity index (χ4n) is 3.79. The highest BCUT2D eigenvalue weighted by molar-refractivity contribution is 7.89. The highest BCUT2D eigenvalue weighted by atomic mass is 32.2. The third-order valence-electron chi connectivity index (χ3n) is 5.23. The lowest BCUT2D eigenvalue weighted by Gasteiger charge is -2.23. The van der Waals surface area contributed by atoms with Crippen molar-refractivity contribution in [1.29, 1.82) is 0 Å². The minimum atomic E-state index is -3.79. The standard InChI is InChI=1S/C21H23N3O4S2/c1-13-11-14(2)19-18(12-13)29-21(22-19)23-20(25)17-5-4-10-24(17)30(26,27)16-8-6-15(28-3)7-9-16/h6-9,11-12,17H,4-5,10H2,1-3H3,(H,22,23,25). The van der Waals surface area contributed by atoms with Crippen molar-refractivity contribution < 1.29 is 17.9 Å². The first-order valence-electron chi connectivity index (χ1n) is 9.64. The fourth-order valence-corrected chi connectivity index (χ4v) is 6.49. The molecule has 0 bridgehead atoms. The van der Waals surface area contributed by atoms with Crippen LogP contribution in [0.2, 0.25) is 0 Å². The Bertz CT molecular complexity index is 1200. The van der Waals surface area contributed by atoms with Crippen LogP contribution < -0.4 is 10.1 Å². The van der Waals surface area contributed by atoms with E-state index in [1.165, 1.54) is 34.9 Å². The predicted octanol–water partition coefficient (Wildman–Crippen LogP) is 3.71. The van der Waals surface area contributed by atoms with Gasteiger partial charge in [-0.05, 0) is 68.1 Å². The molecule has 0 radical (unpaired) electrons.